The lowest BCUT2D eigenvalue weighted by Gasteiger charge is -2.07. The maximum Gasteiger partial charge on any atom is 0.101 e. The summed E-state index contributed by atoms with van der Waals surface area (Å²) in [7, 11) is 0. The Bertz CT molecular complexity index is 812. The van der Waals surface area contributed by atoms with E-state index in [4.69, 9.17) is 16.9 Å². The monoisotopic (exact) mass is 267 g/mol. The number of pyridine rings is 2. The van der Waals surface area contributed by atoms with E-state index in [0.717, 1.165) is 22.3 Å². The van der Waals surface area contributed by atoms with E-state index in [2.05, 4.69) is 17.1 Å². The van der Waals surface area contributed by atoms with Crippen molar-refractivity contribution >= 4 is 17.1 Å². The fourth-order valence-electron chi connectivity index (χ4n) is 2.28. The van der Waals surface area contributed by atoms with Crippen LogP contribution >= 0.6 is 11.6 Å². The van der Waals surface area contributed by atoms with E-state index < -0.39 is 0 Å². The molecule has 0 aliphatic carbocycles. The average molecular weight is 268 g/mol. The number of aryl methyl sites for hydroxylation is 1. The Morgan fingerprint density at radius 2 is 2.16 bits per heavy atom. The third kappa shape index (κ3) is 1.87. The van der Waals surface area contributed by atoms with E-state index in [1.54, 1.807) is 12.4 Å². The Labute approximate surface area is 115 Å². The van der Waals surface area contributed by atoms with Crippen molar-refractivity contribution in [2.75, 3.05) is 0 Å². The van der Waals surface area contributed by atoms with Crippen molar-refractivity contribution in [3.8, 4) is 17.3 Å². The summed E-state index contributed by atoms with van der Waals surface area (Å²) in [4.78, 5) is 4.00. The van der Waals surface area contributed by atoms with Crippen LogP contribution in [0.1, 0.15) is 11.1 Å². The summed E-state index contributed by atoms with van der Waals surface area (Å²) in [6, 6.07) is 9.86. The molecule has 0 N–H and O–H groups in total. The maximum absolute atomic E-state index is 9.02. The molecule has 0 atom stereocenters. The van der Waals surface area contributed by atoms with Crippen LogP contribution in [0.3, 0.4) is 0 Å². The zero-order valence-electron chi connectivity index (χ0n) is 10.3. The first-order valence-corrected chi connectivity index (χ1v) is 6.20. The van der Waals surface area contributed by atoms with Gasteiger partial charge >= 0.3 is 0 Å². The van der Waals surface area contributed by atoms with Gasteiger partial charge in [-0.15, -0.1) is 0 Å². The van der Waals surface area contributed by atoms with Crippen molar-refractivity contribution in [3.05, 3.63) is 59.0 Å². The van der Waals surface area contributed by atoms with Crippen LogP contribution in [0, 0.1) is 18.3 Å². The highest BCUT2D eigenvalue weighted by Gasteiger charge is 2.12. The van der Waals surface area contributed by atoms with E-state index in [1.165, 1.54) is 0 Å². The van der Waals surface area contributed by atoms with E-state index in [-0.39, 0.29) is 0 Å². The van der Waals surface area contributed by atoms with Crippen LogP contribution in [0.15, 0.2) is 42.9 Å². The van der Waals surface area contributed by atoms with Crippen LogP contribution in [0.2, 0.25) is 5.02 Å². The molecule has 3 aromatic heterocycles. The molecule has 3 heterocycles. The van der Waals surface area contributed by atoms with Crippen LogP contribution < -0.4 is 0 Å². The molecule has 19 heavy (non-hydrogen) atoms. The predicted octanol–water partition coefficient (Wildman–Crippen LogP) is 3.83. The van der Waals surface area contributed by atoms with Crippen LogP contribution in [-0.2, 0) is 0 Å². The minimum absolute atomic E-state index is 0.605. The van der Waals surface area contributed by atoms with Crippen molar-refractivity contribution in [2.45, 2.75) is 6.92 Å². The Morgan fingerprint density at radius 3 is 2.89 bits per heavy atom. The molecule has 0 saturated heterocycles. The predicted molar refractivity (Wildman–Crippen MR) is 75.1 cm³/mol. The van der Waals surface area contributed by atoms with Gasteiger partial charge in [-0.25, -0.2) is 0 Å². The van der Waals surface area contributed by atoms with Gasteiger partial charge < -0.3 is 4.40 Å². The van der Waals surface area contributed by atoms with Crippen molar-refractivity contribution in [3.63, 3.8) is 0 Å². The molecule has 0 aliphatic heterocycles. The summed E-state index contributed by atoms with van der Waals surface area (Å²) in [5.74, 6) is 0. The second kappa shape index (κ2) is 4.42. The Kier molecular flexibility index (Phi) is 2.73. The topological polar surface area (TPSA) is 41.1 Å². The molecular formula is C15H10ClN3. The molecule has 0 aliphatic rings. The number of hydrogen-bond donors (Lipinski definition) is 0. The van der Waals surface area contributed by atoms with Gasteiger partial charge in [0.1, 0.15) is 6.07 Å². The second-order valence-electron chi connectivity index (χ2n) is 4.36. The highest BCUT2D eigenvalue weighted by Crippen LogP contribution is 2.31. The van der Waals surface area contributed by atoms with Crippen molar-refractivity contribution < 1.29 is 0 Å². The number of hydrogen-bond acceptors (Lipinski definition) is 2. The molecule has 4 heteroatoms. The van der Waals surface area contributed by atoms with E-state index in [1.807, 2.05) is 35.7 Å². The summed E-state index contributed by atoms with van der Waals surface area (Å²) in [6.45, 7) is 2.03. The molecule has 0 bridgehead atoms. The van der Waals surface area contributed by atoms with Crippen LogP contribution in [0.5, 0.6) is 0 Å². The number of fused-ring (bicyclic) bond motifs is 1. The lowest BCUT2D eigenvalue weighted by molar-refractivity contribution is 1.18. The molecule has 3 nitrogen and oxygen atoms in total. The summed E-state index contributed by atoms with van der Waals surface area (Å²) < 4.78 is 2.00. The highest BCUT2D eigenvalue weighted by atomic mass is 35.5. The summed E-state index contributed by atoms with van der Waals surface area (Å²) in [5, 5.41) is 9.63. The Morgan fingerprint density at radius 1 is 1.32 bits per heavy atom. The normalized spacial score (nSPS) is 10.6. The van der Waals surface area contributed by atoms with Gasteiger partial charge in [-0.1, -0.05) is 11.6 Å². The minimum Gasteiger partial charge on any atom is -0.315 e. The van der Waals surface area contributed by atoms with Gasteiger partial charge in [-0.2, -0.15) is 5.26 Å². The molecule has 3 rings (SSSR count). The Balaban J connectivity index is 2.38. The SMILES string of the molecule is Cc1cc2ccc(C#N)cn2c1-c1ccncc1Cl. The summed E-state index contributed by atoms with van der Waals surface area (Å²) in [6.07, 6.45) is 5.17. The van der Waals surface area contributed by atoms with Gasteiger partial charge in [0.15, 0.2) is 0 Å². The lowest BCUT2D eigenvalue weighted by atomic mass is 10.1. The molecule has 0 fully saturated rings. The van der Waals surface area contributed by atoms with E-state index >= 15 is 0 Å². The van der Waals surface area contributed by atoms with Crippen molar-refractivity contribution in [1.29, 1.82) is 5.26 Å². The van der Waals surface area contributed by atoms with Gasteiger partial charge in [-0.3, -0.25) is 4.98 Å². The van der Waals surface area contributed by atoms with Gasteiger partial charge in [0, 0.05) is 29.7 Å². The van der Waals surface area contributed by atoms with Gasteiger partial charge in [-0.05, 0) is 36.8 Å². The smallest absolute Gasteiger partial charge is 0.101 e. The largest absolute Gasteiger partial charge is 0.315 e. The quantitative estimate of drug-likeness (QED) is 0.672. The molecule has 3 aromatic rings. The van der Waals surface area contributed by atoms with Crippen molar-refractivity contribution in [1.82, 2.24) is 9.38 Å². The lowest BCUT2D eigenvalue weighted by Crippen LogP contribution is -1.92. The third-order valence-corrected chi connectivity index (χ3v) is 3.42. The number of nitrogens with zero attached hydrogens (tertiary/aromatic N) is 3. The van der Waals surface area contributed by atoms with Crippen LogP contribution in [0.25, 0.3) is 16.8 Å². The maximum atomic E-state index is 9.02. The highest BCUT2D eigenvalue weighted by molar-refractivity contribution is 6.33. The minimum atomic E-state index is 0.605. The zero-order valence-corrected chi connectivity index (χ0v) is 11.0. The first-order valence-electron chi connectivity index (χ1n) is 5.82. The van der Waals surface area contributed by atoms with E-state index in [9.17, 15) is 0 Å². The van der Waals surface area contributed by atoms with Gasteiger partial charge in [0.25, 0.3) is 0 Å². The first-order chi connectivity index (χ1) is 9.20. The molecule has 0 aromatic carbocycles. The summed E-state index contributed by atoms with van der Waals surface area (Å²) in [5.41, 5.74) is 4.70. The second-order valence-corrected chi connectivity index (χ2v) is 4.76. The van der Waals surface area contributed by atoms with E-state index in [0.29, 0.717) is 10.6 Å². The zero-order chi connectivity index (χ0) is 13.4. The fourth-order valence-corrected chi connectivity index (χ4v) is 2.49. The number of aromatic nitrogens is 2. The van der Waals surface area contributed by atoms with Gasteiger partial charge in [0.05, 0.1) is 16.3 Å². The molecule has 0 radical (unpaired) electrons. The number of nitriles is 1. The first kappa shape index (κ1) is 11.8. The molecule has 0 spiro atoms. The third-order valence-electron chi connectivity index (χ3n) is 3.12. The number of rotatable bonds is 1. The van der Waals surface area contributed by atoms with Gasteiger partial charge in [0.2, 0.25) is 0 Å². The summed E-state index contributed by atoms with van der Waals surface area (Å²) >= 11 is 6.22. The Hall–Kier alpha value is -2.31. The molecule has 92 valence electrons. The number of halogens is 1. The average Bonchev–Trinajstić information content (AvgIpc) is 2.74. The fraction of sp³-hybridized carbons (Fsp3) is 0.0667. The molecule has 0 unspecified atom stereocenters. The standard InChI is InChI=1S/C15H10ClN3/c1-10-6-12-3-2-11(7-17)9-19(12)15(10)13-4-5-18-8-14(13)16/h2-6,8-9H,1H3. The molecule has 0 saturated carbocycles. The molecule has 0 amide bonds. The molecular weight excluding hydrogens is 258 g/mol. The van der Waals surface area contributed by atoms with Crippen LogP contribution in [0.4, 0.5) is 0 Å². The van der Waals surface area contributed by atoms with Crippen LogP contribution in [-0.4, -0.2) is 9.38 Å². The van der Waals surface area contributed by atoms with Crippen molar-refractivity contribution in [2.24, 2.45) is 0 Å².